The molecule has 0 saturated heterocycles. The number of carbonyl (C=O) groups excluding carboxylic acids is 1. The fourth-order valence-corrected chi connectivity index (χ4v) is 3.38. The number of rotatable bonds is 3. The third-order valence-corrected chi connectivity index (χ3v) is 4.76. The van der Waals surface area contributed by atoms with Crippen LogP contribution >= 0.6 is 15.9 Å². The zero-order valence-corrected chi connectivity index (χ0v) is 15.1. The molecule has 1 aliphatic heterocycles. The van der Waals surface area contributed by atoms with Crippen LogP contribution in [0.15, 0.2) is 51.4 Å². The topological polar surface area (TPSA) is 60.7 Å². The predicted molar refractivity (Wildman–Crippen MR) is 97.2 cm³/mol. The van der Waals surface area contributed by atoms with Crippen molar-refractivity contribution in [1.29, 1.82) is 0 Å². The highest BCUT2D eigenvalue weighted by molar-refractivity contribution is 9.10. The molecule has 5 nitrogen and oxygen atoms in total. The number of benzene rings is 2. The molecule has 0 aliphatic carbocycles. The number of amides is 1. The number of hydrogen-bond acceptors (Lipinski definition) is 4. The highest BCUT2D eigenvalue weighted by atomic mass is 79.9. The summed E-state index contributed by atoms with van der Waals surface area (Å²) in [4.78, 5) is 12.6. The van der Waals surface area contributed by atoms with E-state index in [4.69, 9.17) is 13.9 Å². The minimum absolute atomic E-state index is 0.147. The minimum atomic E-state index is -0.243. The van der Waals surface area contributed by atoms with Gasteiger partial charge in [-0.25, -0.2) is 0 Å². The fourth-order valence-electron chi connectivity index (χ4n) is 3.00. The van der Waals surface area contributed by atoms with Crippen LogP contribution in [0.1, 0.15) is 28.6 Å². The Hall–Kier alpha value is -2.47. The van der Waals surface area contributed by atoms with Crippen LogP contribution in [0, 0.1) is 0 Å². The van der Waals surface area contributed by atoms with Crippen molar-refractivity contribution in [2.24, 2.45) is 0 Å². The van der Waals surface area contributed by atoms with Gasteiger partial charge in [-0.05, 0) is 42.5 Å². The molecule has 2 aromatic carbocycles. The Morgan fingerprint density at radius 2 is 2.12 bits per heavy atom. The van der Waals surface area contributed by atoms with Gasteiger partial charge in [0.25, 0.3) is 5.91 Å². The van der Waals surface area contributed by atoms with Gasteiger partial charge >= 0.3 is 0 Å². The fraction of sp³-hybridized carbons (Fsp3) is 0.211. The van der Waals surface area contributed by atoms with E-state index in [2.05, 4.69) is 21.2 Å². The molecule has 3 aromatic rings. The number of halogens is 1. The molecule has 0 bridgehead atoms. The second kappa shape index (κ2) is 6.44. The van der Waals surface area contributed by atoms with E-state index in [0.29, 0.717) is 24.4 Å². The largest absolute Gasteiger partial charge is 0.497 e. The molecule has 0 fully saturated rings. The Kier molecular flexibility index (Phi) is 4.13. The van der Waals surface area contributed by atoms with Crippen molar-refractivity contribution >= 4 is 32.8 Å². The summed E-state index contributed by atoms with van der Waals surface area (Å²) in [5.41, 5.74) is 1.60. The highest BCUT2D eigenvalue weighted by Crippen LogP contribution is 2.35. The summed E-state index contributed by atoms with van der Waals surface area (Å²) in [5.74, 6) is 1.56. The zero-order valence-electron chi connectivity index (χ0n) is 13.5. The number of fused-ring (bicyclic) bond motifs is 2. The summed E-state index contributed by atoms with van der Waals surface area (Å²) in [5, 5.41) is 3.92. The van der Waals surface area contributed by atoms with Gasteiger partial charge in [0.2, 0.25) is 0 Å². The van der Waals surface area contributed by atoms with Gasteiger partial charge in [0, 0.05) is 21.8 Å². The highest BCUT2D eigenvalue weighted by Gasteiger charge is 2.25. The summed E-state index contributed by atoms with van der Waals surface area (Å²) in [7, 11) is 1.62. The van der Waals surface area contributed by atoms with E-state index in [1.54, 1.807) is 13.2 Å². The maximum atomic E-state index is 12.6. The molecule has 2 heterocycles. The molecule has 1 aliphatic rings. The minimum Gasteiger partial charge on any atom is -0.497 e. The van der Waals surface area contributed by atoms with E-state index in [0.717, 1.165) is 26.9 Å². The smallest absolute Gasteiger partial charge is 0.287 e. The van der Waals surface area contributed by atoms with Crippen LogP contribution in [-0.2, 0) is 0 Å². The van der Waals surface area contributed by atoms with Gasteiger partial charge in [0.15, 0.2) is 5.76 Å². The number of methoxy groups -OCH3 is 1. The van der Waals surface area contributed by atoms with Crippen LogP contribution in [0.2, 0.25) is 0 Å². The summed E-state index contributed by atoms with van der Waals surface area (Å²) < 4.78 is 17.6. The lowest BCUT2D eigenvalue weighted by molar-refractivity contribution is 0.0898. The standard InChI is InChI=1S/C19H16BrNO4/c1-23-13-3-5-17-14(10-13)15(6-7-24-17)21-19(22)18-9-11-8-12(20)2-4-16(11)25-18/h2-5,8-10,15H,6-7H2,1H3,(H,21,22)/t15-/m0/s1. The quantitative estimate of drug-likeness (QED) is 0.703. The third kappa shape index (κ3) is 3.09. The zero-order chi connectivity index (χ0) is 17.4. The number of carbonyl (C=O) groups is 1. The van der Waals surface area contributed by atoms with Crippen molar-refractivity contribution in [3.8, 4) is 11.5 Å². The molecule has 0 radical (unpaired) electrons. The van der Waals surface area contributed by atoms with E-state index in [-0.39, 0.29) is 11.9 Å². The molecule has 0 saturated carbocycles. The van der Waals surface area contributed by atoms with Crippen LogP contribution in [-0.4, -0.2) is 19.6 Å². The van der Waals surface area contributed by atoms with Crippen LogP contribution in [0.25, 0.3) is 11.0 Å². The number of furan rings is 1. The predicted octanol–water partition coefficient (Wildman–Crippen LogP) is 4.46. The van der Waals surface area contributed by atoms with Crippen molar-refractivity contribution < 1.29 is 18.7 Å². The van der Waals surface area contributed by atoms with Crippen LogP contribution < -0.4 is 14.8 Å². The van der Waals surface area contributed by atoms with Gasteiger partial charge in [-0.1, -0.05) is 15.9 Å². The second-order valence-corrected chi connectivity index (χ2v) is 6.78. The van der Waals surface area contributed by atoms with Gasteiger partial charge < -0.3 is 19.2 Å². The molecule has 1 aromatic heterocycles. The van der Waals surface area contributed by atoms with Gasteiger partial charge in [0.05, 0.1) is 19.8 Å². The molecule has 1 N–H and O–H groups in total. The van der Waals surface area contributed by atoms with Gasteiger partial charge in [-0.3, -0.25) is 4.79 Å². The SMILES string of the molecule is COc1ccc2c(c1)[C@@H](NC(=O)c1cc3cc(Br)ccc3o1)CCO2. The van der Waals surface area contributed by atoms with E-state index >= 15 is 0 Å². The second-order valence-electron chi connectivity index (χ2n) is 5.86. The van der Waals surface area contributed by atoms with Gasteiger partial charge in [0.1, 0.15) is 17.1 Å². The Labute approximate surface area is 153 Å². The molecule has 0 unspecified atom stereocenters. The molecule has 0 spiro atoms. The first-order valence-electron chi connectivity index (χ1n) is 7.95. The van der Waals surface area contributed by atoms with Crippen LogP contribution in [0.3, 0.4) is 0 Å². The number of ether oxygens (including phenoxy) is 2. The van der Waals surface area contributed by atoms with E-state index in [1.807, 2.05) is 36.4 Å². The molecule has 1 amide bonds. The monoisotopic (exact) mass is 401 g/mol. The maximum absolute atomic E-state index is 12.6. The van der Waals surface area contributed by atoms with E-state index < -0.39 is 0 Å². The summed E-state index contributed by atoms with van der Waals surface area (Å²) in [6.07, 6.45) is 0.692. The first-order valence-corrected chi connectivity index (χ1v) is 8.74. The summed E-state index contributed by atoms with van der Waals surface area (Å²) in [6, 6.07) is 12.9. The first kappa shape index (κ1) is 16.0. The third-order valence-electron chi connectivity index (χ3n) is 4.26. The molecular formula is C19H16BrNO4. The molecule has 4 rings (SSSR count). The van der Waals surface area contributed by atoms with Crippen LogP contribution in [0.4, 0.5) is 0 Å². The Morgan fingerprint density at radius 1 is 1.24 bits per heavy atom. The summed E-state index contributed by atoms with van der Waals surface area (Å²) >= 11 is 3.42. The molecule has 1 atom stereocenters. The molecule has 25 heavy (non-hydrogen) atoms. The first-order chi connectivity index (χ1) is 12.1. The number of nitrogens with one attached hydrogen (secondary N) is 1. The maximum Gasteiger partial charge on any atom is 0.287 e. The normalized spacial score (nSPS) is 16.2. The van der Waals surface area contributed by atoms with Crippen LogP contribution in [0.5, 0.6) is 11.5 Å². The number of hydrogen-bond donors (Lipinski definition) is 1. The average Bonchev–Trinajstić information content (AvgIpc) is 3.05. The van der Waals surface area contributed by atoms with Gasteiger partial charge in [-0.15, -0.1) is 0 Å². The Bertz CT molecular complexity index is 950. The molecular weight excluding hydrogens is 386 g/mol. The van der Waals surface area contributed by atoms with Crippen molar-refractivity contribution in [2.75, 3.05) is 13.7 Å². The lowest BCUT2D eigenvalue weighted by Gasteiger charge is -2.26. The van der Waals surface area contributed by atoms with Crippen molar-refractivity contribution in [3.63, 3.8) is 0 Å². The van der Waals surface area contributed by atoms with Crippen molar-refractivity contribution in [1.82, 2.24) is 5.32 Å². The lowest BCUT2D eigenvalue weighted by Crippen LogP contribution is -2.32. The summed E-state index contributed by atoms with van der Waals surface area (Å²) in [6.45, 7) is 0.553. The van der Waals surface area contributed by atoms with E-state index in [1.165, 1.54) is 0 Å². The lowest BCUT2D eigenvalue weighted by atomic mass is 10.00. The molecule has 128 valence electrons. The van der Waals surface area contributed by atoms with Gasteiger partial charge in [-0.2, -0.15) is 0 Å². The Morgan fingerprint density at radius 3 is 2.96 bits per heavy atom. The molecule has 6 heteroatoms. The average molecular weight is 402 g/mol. The van der Waals surface area contributed by atoms with Crippen molar-refractivity contribution in [2.45, 2.75) is 12.5 Å². The van der Waals surface area contributed by atoms with E-state index in [9.17, 15) is 4.79 Å². The van der Waals surface area contributed by atoms with Crippen molar-refractivity contribution in [3.05, 3.63) is 58.3 Å². The Balaban J connectivity index is 1.60.